The predicted molar refractivity (Wildman–Crippen MR) is 73.6 cm³/mol. The van der Waals surface area contributed by atoms with Gasteiger partial charge in [0, 0.05) is 11.1 Å². The van der Waals surface area contributed by atoms with Crippen molar-refractivity contribution in [3.05, 3.63) is 30.6 Å². The van der Waals surface area contributed by atoms with Gasteiger partial charge < -0.3 is 15.0 Å². The lowest BCUT2D eigenvalue weighted by atomic mass is 10.1. The van der Waals surface area contributed by atoms with Crippen LogP contribution in [0.3, 0.4) is 0 Å². The lowest BCUT2D eigenvalue weighted by molar-refractivity contribution is 0.402. The number of nitrogens with zero attached hydrogens (tertiary/aromatic N) is 2. The minimum absolute atomic E-state index is 0.0752. The van der Waals surface area contributed by atoms with E-state index >= 15 is 0 Å². The van der Waals surface area contributed by atoms with Gasteiger partial charge in [0.05, 0.1) is 13.4 Å². The standard InChI is InChI=1S/C14H19N3O/c1-14(2,3)17-9-16-12(13(17)15)10-6-5-7-11(8-10)18-4/h5-9H,15H2,1-4H3. The number of nitrogens with two attached hydrogens (primary N) is 1. The van der Waals surface area contributed by atoms with Crippen LogP contribution in [0.5, 0.6) is 5.75 Å². The number of hydrogen-bond acceptors (Lipinski definition) is 3. The summed E-state index contributed by atoms with van der Waals surface area (Å²) in [5.41, 5.74) is 7.86. The maximum Gasteiger partial charge on any atom is 0.132 e. The fourth-order valence-corrected chi connectivity index (χ4v) is 1.89. The van der Waals surface area contributed by atoms with Crippen molar-refractivity contribution < 1.29 is 4.74 Å². The quantitative estimate of drug-likeness (QED) is 0.885. The molecule has 0 aliphatic rings. The molecule has 0 saturated carbocycles. The predicted octanol–water partition coefficient (Wildman–Crippen LogP) is 2.90. The molecule has 0 atom stereocenters. The molecule has 0 aliphatic carbocycles. The van der Waals surface area contributed by atoms with Gasteiger partial charge in [-0.1, -0.05) is 12.1 Å². The van der Waals surface area contributed by atoms with Crippen molar-refractivity contribution in [3.8, 4) is 17.0 Å². The van der Waals surface area contributed by atoms with Crippen molar-refractivity contribution in [1.82, 2.24) is 9.55 Å². The zero-order valence-electron chi connectivity index (χ0n) is 11.3. The van der Waals surface area contributed by atoms with E-state index in [4.69, 9.17) is 10.5 Å². The van der Waals surface area contributed by atoms with Gasteiger partial charge in [-0.15, -0.1) is 0 Å². The molecule has 4 nitrogen and oxygen atoms in total. The van der Waals surface area contributed by atoms with E-state index in [0.29, 0.717) is 5.82 Å². The highest BCUT2D eigenvalue weighted by atomic mass is 16.5. The third-order valence-corrected chi connectivity index (χ3v) is 2.87. The van der Waals surface area contributed by atoms with Crippen molar-refractivity contribution in [1.29, 1.82) is 0 Å². The molecule has 0 amide bonds. The zero-order chi connectivity index (χ0) is 13.3. The Morgan fingerprint density at radius 1 is 1.28 bits per heavy atom. The lowest BCUT2D eigenvalue weighted by Crippen LogP contribution is -2.22. The Balaban J connectivity index is 2.49. The van der Waals surface area contributed by atoms with Gasteiger partial charge in [0.25, 0.3) is 0 Å². The van der Waals surface area contributed by atoms with E-state index in [1.807, 2.05) is 28.8 Å². The van der Waals surface area contributed by atoms with Crippen molar-refractivity contribution in [3.63, 3.8) is 0 Å². The number of imidazole rings is 1. The second-order valence-corrected chi connectivity index (χ2v) is 5.25. The molecule has 1 aromatic carbocycles. The van der Waals surface area contributed by atoms with E-state index in [1.54, 1.807) is 13.4 Å². The Morgan fingerprint density at radius 2 is 2.00 bits per heavy atom. The van der Waals surface area contributed by atoms with Crippen molar-refractivity contribution in [2.24, 2.45) is 0 Å². The molecule has 0 radical (unpaired) electrons. The summed E-state index contributed by atoms with van der Waals surface area (Å²) in [6.07, 6.45) is 1.78. The molecule has 0 saturated heterocycles. The average Bonchev–Trinajstić information content (AvgIpc) is 2.71. The first-order valence-corrected chi connectivity index (χ1v) is 5.91. The van der Waals surface area contributed by atoms with Crippen LogP contribution in [0.15, 0.2) is 30.6 Å². The van der Waals surface area contributed by atoms with Gasteiger partial charge in [-0.2, -0.15) is 0 Å². The van der Waals surface area contributed by atoms with E-state index in [1.165, 1.54) is 0 Å². The highest BCUT2D eigenvalue weighted by molar-refractivity contribution is 5.71. The molecule has 0 aliphatic heterocycles. The number of rotatable bonds is 2. The molecular weight excluding hydrogens is 226 g/mol. The van der Waals surface area contributed by atoms with Crippen LogP contribution in [-0.2, 0) is 5.54 Å². The number of ether oxygens (including phenoxy) is 1. The Bertz CT molecular complexity index is 552. The Hall–Kier alpha value is -1.97. The van der Waals surface area contributed by atoms with Gasteiger partial charge in [0.1, 0.15) is 17.3 Å². The molecule has 0 fully saturated rings. The molecule has 2 N–H and O–H groups in total. The molecule has 0 unspecified atom stereocenters. The summed E-state index contributed by atoms with van der Waals surface area (Å²) < 4.78 is 7.19. The molecular formula is C14H19N3O. The number of methoxy groups -OCH3 is 1. The van der Waals surface area contributed by atoms with Crippen molar-refractivity contribution in [2.75, 3.05) is 12.8 Å². The Labute approximate surface area is 107 Å². The Kier molecular flexibility index (Phi) is 3.03. The maximum atomic E-state index is 6.17. The van der Waals surface area contributed by atoms with E-state index in [0.717, 1.165) is 17.0 Å². The molecule has 0 bridgehead atoms. The number of anilines is 1. The third-order valence-electron chi connectivity index (χ3n) is 2.87. The monoisotopic (exact) mass is 245 g/mol. The molecule has 2 rings (SSSR count). The number of aromatic nitrogens is 2. The van der Waals surface area contributed by atoms with Gasteiger partial charge >= 0.3 is 0 Å². The normalized spacial score (nSPS) is 11.6. The molecule has 96 valence electrons. The second kappa shape index (κ2) is 4.37. The van der Waals surface area contributed by atoms with Crippen molar-refractivity contribution in [2.45, 2.75) is 26.3 Å². The highest BCUT2D eigenvalue weighted by Crippen LogP contribution is 2.30. The molecule has 18 heavy (non-hydrogen) atoms. The van der Waals surface area contributed by atoms with E-state index in [2.05, 4.69) is 25.8 Å². The minimum Gasteiger partial charge on any atom is -0.497 e. The number of benzene rings is 1. The summed E-state index contributed by atoms with van der Waals surface area (Å²) in [5.74, 6) is 1.48. The number of nitrogen functional groups attached to an aromatic ring is 1. The Morgan fingerprint density at radius 3 is 2.56 bits per heavy atom. The third kappa shape index (κ3) is 2.18. The van der Waals surface area contributed by atoms with Crippen LogP contribution in [0.1, 0.15) is 20.8 Å². The average molecular weight is 245 g/mol. The molecule has 4 heteroatoms. The van der Waals surface area contributed by atoms with E-state index < -0.39 is 0 Å². The lowest BCUT2D eigenvalue weighted by Gasteiger charge is -2.22. The molecule has 2 aromatic rings. The number of hydrogen-bond donors (Lipinski definition) is 1. The van der Waals surface area contributed by atoms with Gasteiger partial charge in [-0.05, 0) is 32.9 Å². The topological polar surface area (TPSA) is 53.1 Å². The summed E-state index contributed by atoms with van der Waals surface area (Å²) >= 11 is 0. The van der Waals surface area contributed by atoms with Gasteiger partial charge in [0.15, 0.2) is 0 Å². The minimum atomic E-state index is -0.0752. The molecule has 1 heterocycles. The first-order chi connectivity index (χ1) is 8.43. The smallest absolute Gasteiger partial charge is 0.132 e. The van der Waals surface area contributed by atoms with E-state index in [9.17, 15) is 0 Å². The molecule has 1 aromatic heterocycles. The van der Waals surface area contributed by atoms with Crippen LogP contribution >= 0.6 is 0 Å². The largest absolute Gasteiger partial charge is 0.497 e. The molecule has 0 spiro atoms. The summed E-state index contributed by atoms with van der Waals surface area (Å²) in [5, 5.41) is 0. The van der Waals surface area contributed by atoms with Gasteiger partial charge in [-0.25, -0.2) is 4.98 Å². The maximum absolute atomic E-state index is 6.17. The summed E-state index contributed by atoms with van der Waals surface area (Å²) in [4.78, 5) is 4.41. The summed E-state index contributed by atoms with van der Waals surface area (Å²) in [7, 11) is 1.65. The zero-order valence-corrected chi connectivity index (χ0v) is 11.3. The van der Waals surface area contributed by atoms with Gasteiger partial charge in [-0.3, -0.25) is 0 Å². The summed E-state index contributed by atoms with van der Waals surface area (Å²) in [6, 6.07) is 7.75. The first kappa shape index (κ1) is 12.5. The highest BCUT2D eigenvalue weighted by Gasteiger charge is 2.19. The van der Waals surface area contributed by atoms with Crippen LogP contribution in [0.2, 0.25) is 0 Å². The SMILES string of the molecule is COc1cccc(-c2ncn(C(C)(C)C)c2N)c1. The van der Waals surface area contributed by atoms with Crippen LogP contribution in [0.4, 0.5) is 5.82 Å². The van der Waals surface area contributed by atoms with Crippen LogP contribution < -0.4 is 10.5 Å². The van der Waals surface area contributed by atoms with Crippen LogP contribution in [-0.4, -0.2) is 16.7 Å². The fraction of sp³-hybridized carbons (Fsp3) is 0.357. The van der Waals surface area contributed by atoms with Gasteiger partial charge in [0.2, 0.25) is 0 Å². The van der Waals surface area contributed by atoms with Crippen LogP contribution in [0, 0.1) is 0 Å². The second-order valence-electron chi connectivity index (χ2n) is 5.25. The fourth-order valence-electron chi connectivity index (χ4n) is 1.89. The van der Waals surface area contributed by atoms with E-state index in [-0.39, 0.29) is 5.54 Å². The van der Waals surface area contributed by atoms with Crippen LogP contribution in [0.25, 0.3) is 11.3 Å². The van der Waals surface area contributed by atoms with Crippen molar-refractivity contribution >= 4 is 5.82 Å². The summed E-state index contributed by atoms with van der Waals surface area (Å²) in [6.45, 7) is 6.29. The first-order valence-electron chi connectivity index (χ1n) is 5.91.